The van der Waals surface area contributed by atoms with Crippen molar-refractivity contribution in [3.05, 3.63) is 65.9 Å². The summed E-state index contributed by atoms with van der Waals surface area (Å²) in [4.78, 5) is 33.7. The maximum atomic E-state index is 12.9. The van der Waals surface area contributed by atoms with Gasteiger partial charge in [0.15, 0.2) is 18.1 Å². The van der Waals surface area contributed by atoms with Crippen molar-refractivity contribution in [2.24, 2.45) is 0 Å². The van der Waals surface area contributed by atoms with E-state index in [1.165, 1.54) is 0 Å². The highest BCUT2D eigenvalue weighted by Crippen LogP contribution is 2.28. The number of ether oxygens (including phenoxy) is 3. The summed E-state index contributed by atoms with van der Waals surface area (Å²) in [6, 6.07) is 17.6. The van der Waals surface area contributed by atoms with Gasteiger partial charge >= 0.3 is 6.09 Å². The molecule has 0 aliphatic carbocycles. The summed E-state index contributed by atoms with van der Waals surface area (Å²) >= 11 is 0. The average Bonchev–Trinajstić information content (AvgIpc) is 2.90. The molecule has 4 rings (SSSR count). The average molecular weight is 521 g/mol. The third kappa shape index (κ3) is 7.58. The number of nitrogens with zero attached hydrogens (tertiary/aromatic N) is 3. The molecule has 0 radical (unpaired) electrons. The minimum absolute atomic E-state index is 0.0761. The summed E-state index contributed by atoms with van der Waals surface area (Å²) in [6.07, 6.45) is -0.499. The molecule has 0 atom stereocenters. The number of benzene rings is 2. The van der Waals surface area contributed by atoms with Gasteiger partial charge in [0.05, 0.1) is 18.3 Å². The third-order valence-corrected chi connectivity index (χ3v) is 6.18. The second-order valence-electron chi connectivity index (χ2n) is 10.3. The van der Waals surface area contributed by atoms with Crippen LogP contribution in [0.1, 0.15) is 32.0 Å². The number of carbonyl (C=O) groups is 2. The Morgan fingerprint density at radius 1 is 0.974 bits per heavy atom. The van der Waals surface area contributed by atoms with Crippen LogP contribution in [0.15, 0.2) is 54.6 Å². The Bertz CT molecular complexity index is 1270. The molecule has 2 amide bonds. The number of rotatable bonds is 8. The number of fused-ring (bicyclic) bond motifs is 1. The molecule has 2 aromatic carbocycles. The minimum atomic E-state index is -0.572. The predicted molar refractivity (Wildman–Crippen MR) is 145 cm³/mol. The Kier molecular flexibility index (Phi) is 8.68. The van der Waals surface area contributed by atoms with Gasteiger partial charge in [-0.3, -0.25) is 14.7 Å². The maximum Gasteiger partial charge on any atom is 0.407 e. The van der Waals surface area contributed by atoms with Crippen molar-refractivity contribution in [3.63, 3.8) is 0 Å². The summed E-state index contributed by atoms with van der Waals surface area (Å²) in [5, 5.41) is 3.86. The van der Waals surface area contributed by atoms with Crippen LogP contribution < -0.4 is 14.8 Å². The molecule has 2 heterocycles. The quantitative estimate of drug-likeness (QED) is 0.480. The normalized spacial score (nSPS) is 14.3. The first-order valence-electron chi connectivity index (χ1n) is 12.8. The first-order chi connectivity index (χ1) is 18.2. The molecule has 38 heavy (non-hydrogen) atoms. The molecule has 1 fully saturated rings. The zero-order valence-corrected chi connectivity index (χ0v) is 22.5. The number of pyridine rings is 1. The van der Waals surface area contributed by atoms with Gasteiger partial charge in [0.2, 0.25) is 0 Å². The van der Waals surface area contributed by atoms with Crippen molar-refractivity contribution in [3.8, 4) is 11.5 Å². The number of methoxy groups -OCH3 is 1. The zero-order chi connectivity index (χ0) is 27.1. The number of carbonyl (C=O) groups excluding carboxylic acids is 2. The van der Waals surface area contributed by atoms with E-state index in [0.29, 0.717) is 24.6 Å². The Labute approximate surface area is 223 Å². The predicted octanol–water partition coefficient (Wildman–Crippen LogP) is 3.99. The number of alkyl carbamates (subject to hydrolysis) is 1. The second-order valence-corrected chi connectivity index (χ2v) is 10.3. The molecule has 1 aromatic heterocycles. The number of hydrogen-bond donors (Lipinski definition) is 1. The zero-order valence-electron chi connectivity index (χ0n) is 22.5. The molecule has 1 aliphatic rings. The van der Waals surface area contributed by atoms with E-state index in [1.807, 2.05) is 49.9 Å². The first kappa shape index (κ1) is 27.2. The van der Waals surface area contributed by atoms with Crippen LogP contribution in [0.2, 0.25) is 0 Å². The maximum absolute atomic E-state index is 12.9. The van der Waals surface area contributed by atoms with Gasteiger partial charge in [0.25, 0.3) is 5.91 Å². The van der Waals surface area contributed by atoms with E-state index in [2.05, 4.69) is 28.4 Å². The summed E-state index contributed by atoms with van der Waals surface area (Å²) in [5.74, 6) is 0.893. The van der Waals surface area contributed by atoms with Crippen LogP contribution in [0.25, 0.3) is 10.9 Å². The number of piperazine rings is 1. The van der Waals surface area contributed by atoms with E-state index >= 15 is 0 Å². The van der Waals surface area contributed by atoms with Gasteiger partial charge in [-0.05, 0) is 50.6 Å². The SMILES string of the molecule is COc1ccc(CNC(=O)OC(C)(C)C)cc1OCC(=O)N1CCN(Cc2ccc3ccccc3n2)CC1. The Balaban J connectivity index is 1.26. The lowest BCUT2D eigenvalue weighted by atomic mass is 10.2. The van der Waals surface area contributed by atoms with Crippen LogP contribution in [0.5, 0.6) is 11.5 Å². The van der Waals surface area contributed by atoms with Gasteiger partial charge < -0.3 is 24.4 Å². The molecule has 9 heteroatoms. The van der Waals surface area contributed by atoms with Crippen LogP contribution in [0.3, 0.4) is 0 Å². The number of para-hydroxylation sites is 1. The van der Waals surface area contributed by atoms with Crippen LogP contribution in [-0.2, 0) is 22.6 Å². The molecule has 1 N–H and O–H groups in total. The van der Waals surface area contributed by atoms with Gasteiger partial charge in [0.1, 0.15) is 5.60 Å². The number of hydrogen-bond acceptors (Lipinski definition) is 7. The van der Waals surface area contributed by atoms with Crippen LogP contribution >= 0.6 is 0 Å². The summed E-state index contributed by atoms with van der Waals surface area (Å²) in [6.45, 7) is 9.17. The highest BCUT2D eigenvalue weighted by molar-refractivity contribution is 5.78. The van der Waals surface area contributed by atoms with Crippen molar-refractivity contribution in [1.82, 2.24) is 20.1 Å². The van der Waals surface area contributed by atoms with E-state index in [-0.39, 0.29) is 19.1 Å². The number of amides is 2. The van der Waals surface area contributed by atoms with E-state index in [4.69, 9.17) is 19.2 Å². The van der Waals surface area contributed by atoms with Gasteiger partial charge in [0, 0.05) is 44.7 Å². The highest BCUT2D eigenvalue weighted by atomic mass is 16.6. The van der Waals surface area contributed by atoms with Crippen LogP contribution in [0, 0.1) is 0 Å². The van der Waals surface area contributed by atoms with Gasteiger partial charge in [-0.1, -0.05) is 30.3 Å². The molecule has 0 saturated carbocycles. The Morgan fingerprint density at radius 3 is 2.47 bits per heavy atom. The van der Waals surface area contributed by atoms with E-state index in [1.54, 1.807) is 19.2 Å². The molecular weight excluding hydrogens is 484 g/mol. The van der Waals surface area contributed by atoms with Crippen molar-refractivity contribution in [2.75, 3.05) is 39.9 Å². The molecule has 9 nitrogen and oxygen atoms in total. The molecule has 0 spiro atoms. The fourth-order valence-electron chi connectivity index (χ4n) is 4.24. The topological polar surface area (TPSA) is 93.2 Å². The van der Waals surface area contributed by atoms with E-state index < -0.39 is 11.7 Å². The van der Waals surface area contributed by atoms with Crippen LogP contribution in [-0.4, -0.2) is 72.3 Å². The Morgan fingerprint density at radius 2 is 1.74 bits per heavy atom. The van der Waals surface area contributed by atoms with Gasteiger partial charge in [-0.25, -0.2) is 4.79 Å². The third-order valence-electron chi connectivity index (χ3n) is 6.18. The number of nitrogens with one attached hydrogen (secondary N) is 1. The van der Waals surface area contributed by atoms with Gasteiger partial charge in [-0.2, -0.15) is 0 Å². The van der Waals surface area contributed by atoms with E-state index in [9.17, 15) is 9.59 Å². The second kappa shape index (κ2) is 12.1. The molecule has 1 aliphatic heterocycles. The largest absolute Gasteiger partial charge is 0.493 e. The summed E-state index contributed by atoms with van der Waals surface area (Å²) < 4.78 is 16.5. The first-order valence-corrected chi connectivity index (χ1v) is 12.8. The summed E-state index contributed by atoms with van der Waals surface area (Å²) in [5.41, 5.74) is 2.25. The van der Waals surface area contributed by atoms with Crippen molar-refractivity contribution < 1.29 is 23.8 Å². The van der Waals surface area contributed by atoms with Crippen molar-refractivity contribution in [2.45, 2.75) is 39.5 Å². The molecule has 0 unspecified atom stereocenters. The van der Waals surface area contributed by atoms with Crippen molar-refractivity contribution >= 4 is 22.9 Å². The lowest BCUT2D eigenvalue weighted by molar-refractivity contribution is -0.135. The molecule has 3 aromatic rings. The molecule has 0 bridgehead atoms. The monoisotopic (exact) mass is 520 g/mol. The standard InChI is InChI=1S/C29H36N4O5/c1-29(2,3)38-28(35)30-18-21-9-12-25(36-4)26(17-21)37-20-27(34)33-15-13-32(14-16-33)19-23-11-10-22-7-5-6-8-24(22)31-23/h5-12,17H,13-16,18-20H2,1-4H3,(H,30,35). The fourth-order valence-corrected chi connectivity index (χ4v) is 4.24. The fraction of sp³-hybridized carbons (Fsp3) is 0.414. The summed E-state index contributed by atoms with van der Waals surface area (Å²) in [7, 11) is 1.55. The molecular formula is C29H36N4O5. The molecule has 1 saturated heterocycles. The number of aromatic nitrogens is 1. The Hall–Kier alpha value is -3.85. The van der Waals surface area contributed by atoms with Crippen LogP contribution in [0.4, 0.5) is 4.79 Å². The van der Waals surface area contributed by atoms with Crippen molar-refractivity contribution in [1.29, 1.82) is 0 Å². The highest BCUT2D eigenvalue weighted by Gasteiger charge is 2.22. The lowest BCUT2D eigenvalue weighted by Gasteiger charge is -2.34. The minimum Gasteiger partial charge on any atom is -0.493 e. The van der Waals surface area contributed by atoms with Gasteiger partial charge in [-0.15, -0.1) is 0 Å². The molecule has 202 valence electrons. The smallest absolute Gasteiger partial charge is 0.407 e. The van der Waals surface area contributed by atoms with E-state index in [0.717, 1.165) is 41.8 Å². The lowest BCUT2D eigenvalue weighted by Crippen LogP contribution is -2.49.